The van der Waals surface area contributed by atoms with Crippen LogP contribution in [-0.4, -0.2) is 36.0 Å². The molecule has 0 aliphatic rings. The lowest BCUT2D eigenvalue weighted by atomic mass is 10.2. The van der Waals surface area contributed by atoms with E-state index in [1.807, 2.05) is 6.92 Å². The maximum atomic E-state index is 11.5. The lowest BCUT2D eigenvalue weighted by molar-refractivity contribution is -0.152. The van der Waals surface area contributed by atoms with E-state index in [1.54, 1.807) is 13.8 Å². The number of ether oxygens (including phenoxy) is 1. The Kier molecular flexibility index (Phi) is 6.42. The van der Waals surface area contributed by atoms with Gasteiger partial charge in [0.15, 0.2) is 0 Å². The van der Waals surface area contributed by atoms with E-state index < -0.39 is 6.04 Å². The predicted octanol–water partition coefficient (Wildman–Crippen LogP) is 1.36. The van der Waals surface area contributed by atoms with Crippen LogP contribution in [0.25, 0.3) is 0 Å². The summed E-state index contributed by atoms with van der Waals surface area (Å²) >= 11 is 0. The first-order chi connectivity index (χ1) is 7.08. The average molecular weight is 213 g/mol. The second-order valence-electron chi connectivity index (χ2n) is 3.16. The number of carbonyl (C=O) groups excluding carboxylic acids is 2. The van der Waals surface area contributed by atoms with Gasteiger partial charge in [0.2, 0.25) is 5.91 Å². The maximum absolute atomic E-state index is 11.5. The fourth-order valence-corrected chi connectivity index (χ4v) is 1.24. The average Bonchev–Trinajstić information content (AvgIpc) is 2.24. The molecule has 0 bridgehead atoms. The van der Waals surface area contributed by atoms with Crippen LogP contribution in [0, 0.1) is 0 Å². The van der Waals surface area contributed by atoms with Crippen LogP contribution in [-0.2, 0) is 14.3 Å². The fraction of sp³-hybridized carbons (Fsp3) is 0.636. The minimum atomic E-state index is -0.546. The highest BCUT2D eigenvalue weighted by atomic mass is 16.5. The number of rotatable bonds is 6. The van der Waals surface area contributed by atoms with Crippen LogP contribution < -0.4 is 0 Å². The molecule has 0 spiro atoms. The van der Waals surface area contributed by atoms with Gasteiger partial charge in [-0.3, -0.25) is 4.79 Å². The van der Waals surface area contributed by atoms with Gasteiger partial charge in [0.25, 0.3) is 0 Å². The molecule has 0 rings (SSSR count). The van der Waals surface area contributed by atoms with Crippen molar-refractivity contribution in [2.45, 2.75) is 33.2 Å². The van der Waals surface area contributed by atoms with Gasteiger partial charge in [-0.25, -0.2) is 4.79 Å². The first kappa shape index (κ1) is 13.7. The summed E-state index contributed by atoms with van der Waals surface area (Å²) in [7, 11) is 0. The molecule has 0 aromatic carbocycles. The molecule has 0 aromatic rings. The monoisotopic (exact) mass is 213 g/mol. The Morgan fingerprint density at radius 3 is 2.47 bits per heavy atom. The highest BCUT2D eigenvalue weighted by Gasteiger charge is 2.24. The lowest BCUT2D eigenvalue weighted by Gasteiger charge is -2.26. The second-order valence-corrected chi connectivity index (χ2v) is 3.16. The number of amides is 1. The van der Waals surface area contributed by atoms with Crippen LogP contribution in [0.1, 0.15) is 27.2 Å². The smallest absolute Gasteiger partial charge is 0.328 e. The minimum absolute atomic E-state index is 0.239. The van der Waals surface area contributed by atoms with Crippen molar-refractivity contribution in [1.82, 2.24) is 4.90 Å². The third-order valence-corrected chi connectivity index (χ3v) is 2.02. The van der Waals surface area contributed by atoms with E-state index in [0.29, 0.717) is 13.2 Å². The zero-order valence-corrected chi connectivity index (χ0v) is 9.66. The normalized spacial score (nSPS) is 11.7. The quantitative estimate of drug-likeness (QED) is 0.494. The third-order valence-electron chi connectivity index (χ3n) is 2.02. The molecule has 1 atom stereocenters. The first-order valence-corrected chi connectivity index (χ1v) is 5.18. The van der Waals surface area contributed by atoms with Crippen molar-refractivity contribution in [3.05, 3.63) is 12.7 Å². The molecule has 86 valence electrons. The Morgan fingerprint density at radius 1 is 1.47 bits per heavy atom. The second kappa shape index (κ2) is 7.04. The molecular formula is C11H19NO3. The Morgan fingerprint density at radius 2 is 2.07 bits per heavy atom. The zero-order chi connectivity index (χ0) is 11.8. The molecule has 0 saturated carbocycles. The van der Waals surface area contributed by atoms with Gasteiger partial charge in [-0.15, -0.1) is 0 Å². The zero-order valence-electron chi connectivity index (χ0n) is 9.66. The van der Waals surface area contributed by atoms with Crippen LogP contribution in [0.15, 0.2) is 12.7 Å². The highest BCUT2D eigenvalue weighted by Crippen LogP contribution is 2.04. The SMILES string of the molecule is C=CC(=O)N(CCC)C(C)C(=O)OCC. The molecule has 4 nitrogen and oxygen atoms in total. The molecule has 0 saturated heterocycles. The van der Waals surface area contributed by atoms with Crippen molar-refractivity contribution in [2.24, 2.45) is 0 Å². The standard InChI is InChI=1S/C11H19NO3/c1-5-8-12(10(13)6-2)9(4)11(14)15-7-3/h6,9H,2,5,7-8H2,1,3-4H3. The van der Waals surface area contributed by atoms with Gasteiger partial charge in [-0.1, -0.05) is 13.5 Å². The van der Waals surface area contributed by atoms with Crippen LogP contribution in [0.5, 0.6) is 0 Å². The van der Waals surface area contributed by atoms with Gasteiger partial charge in [-0.05, 0) is 26.3 Å². The molecule has 0 radical (unpaired) electrons. The van der Waals surface area contributed by atoms with Crippen LogP contribution >= 0.6 is 0 Å². The summed E-state index contributed by atoms with van der Waals surface area (Å²) in [5.41, 5.74) is 0. The molecule has 1 unspecified atom stereocenters. The third kappa shape index (κ3) is 4.14. The van der Waals surface area contributed by atoms with Crippen LogP contribution in [0.2, 0.25) is 0 Å². The van der Waals surface area contributed by atoms with Gasteiger partial charge in [-0.2, -0.15) is 0 Å². The number of nitrogens with zero attached hydrogens (tertiary/aromatic N) is 1. The molecular weight excluding hydrogens is 194 g/mol. The van der Waals surface area contributed by atoms with Crippen LogP contribution in [0.3, 0.4) is 0 Å². The molecule has 0 heterocycles. The summed E-state index contributed by atoms with van der Waals surface area (Å²) in [5, 5.41) is 0. The lowest BCUT2D eigenvalue weighted by Crippen LogP contribution is -2.43. The van der Waals surface area contributed by atoms with E-state index in [-0.39, 0.29) is 11.9 Å². The van der Waals surface area contributed by atoms with Gasteiger partial charge < -0.3 is 9.64 Å². The van der Waals surface area contributed by atoms with Crippen molar-refractivity contribution in [2.75, 3.05) is 13.2 Å². The Balaban J connectivity index is 4.53. The summed E-state index contributed by atoms with van der Waals surface area (Å²) in [6.07, 6.45) is 2.01. The highest BCUT2D eigenvalue weighted by molar-refractivity contribution is 5.91. The van der Waals surface area contributed by atoms with Gasteiger partial charge in [0.1, 0.15) is 6.04 Å². The minimum Gasteiger partial charge on any atom is -0.464 e. The summed E-state index contributed by atoms with van der Waals surface area (Å²) in [5.74, 6) is -0.612. The summed E-state index contributed by atoms with van der Waals surface area (Å²) in [6, 6.07) is -0.546. The molecule has 0 N–H and O–H groups in total. The van der Waals surface area contributed by atoms with Crippen molar-refractivity contribution in [3.8, 4) is 0 Å². The molecule has 0 aliphatic carbocycles. The number of hydrogen-bond acceptors (Lipinski definition) is 3. The molecule has 0 aromatic heterocycles. The topological polar surface area (TPSA) is 46.6 Å². The molecule has 0 aliphatic heterocycles. The van der Waals surface area contributed by atoms with E-state index in [2.05, 4.69) is 6.58 Å². The van der Waals surface area contributed by atoms with E-state index in [1.165, 1.54) is 11.0 Å². The molecule has 15 heavy (non-hydrogen) atoms. The number of hydrogen-bond donors (Lipinski definition) is 0. The predicted molar refractivity (Wildman–Crippen MR) is 58.3 cm³/mol. The van der Waals surface area contributed by atoms with Crippen molar-refractivity contribution >= 4 is 11.9 Å². The van der Waals surface area contributed by atoms with E-state index in [4.69, 9.17) is 4.74 Å². The largest absolute Gasteiger partial charge is 0.464 e. The maximum Gasteiger partial charge on any atom is 0.328 e. The fourth-order valence-electron chi connectivity index (χ4n) is 1.24. The Bertz CT molecular complexity index is 238. The summed E-state index contributed by atoms with van der Waals surface area (Å²) in [6.45, 7) is 9.61. The first-order valence-electron chi connectivity index (χ1n) is 5.18. The van der Waals surface area contributed by atoms with E-state index >= 15 is 0 Å². The van der Waals surface area contributed by atoms with Gasteiger partial charge in [0, 0.05) is 6.54 Å². The van der Waals surface area contributed by atoms with Crippen LogP contribution in [0.4, 0.5) is 0 Å². The Hall–Kier alpha value is -1.32. The van der Waals surface area contributed by atoms with E-state index in [9.17, 15) is 9.59 Å². The number of carbonyl (C=O) groups is 2. The Labute approximate surface area is 90.9 Å². The van der Waals surface area contributed by atoms with Gasteiger partial charge in [0.05, 0.1) is 6.61 Å². The van der Waals surface area contributed by atoms with Crippen molar-refractivity contribution < 1.29 is 14.3 Å². The van der Waals surface area contributed by atoms with Gasteiger partial charge >= 0.3 is 5.97 Å². The number of esters is 1. The van der Waals surface area contributed by atoms with Crippen molar-refractivity contribution in [1.29, 1.82) is 0 Å². The van der Waals surface area contributed by atoms with Crippen molar-refractivity contribution in [3.63, 3.8) is 0 Å². The summed E-state index contributed by atoms with van der Waals surface area (Å²) < 4.78 is 4.86. The molecule has 0 fully saturated rings. The molecule has 1 amide bonds. The summed E-state index contributed by atoms with van der Waals surface area (Å²) in [4.78, 5) is 24.3. The van der Waals surface area contributed by atoms with E-state index in [0.717, 1.165) is 6.42 Å². The molecule has 4 heteroatoms.